The largest absolute Gasteiger partial charge is 0.260 e. The molecule has 0 saturated carbocycles. The van der Waals surface area contributed by atoms with Gasteiger partial charge in [0.25, 0.3) is 0 Å². The van der Waals surface area contributed by atoms with Gasteiger partial charge in [-0.1, -0.05) is 123 Å². The maximum absolute atomic E-state index is 4.63. The highest BCUT2D eigenvalue weighted by atomic mass is 32.1. The second-order valence-electron chi connectivity index (χ2n) is 18.2. The topological polar surface area (TPSA) is 64.5 Å². The van der Waals surface area contributed by atoms with Crippen LogP contribution in [0.2, 0.25) is 0 Å². The van der Waals surface area contributed by atoms with Crippen LogP contribution in [-0.4, -0.2) is 24.9 Å². The van der Waals surface area contributed by atoms with Crippen LogP contribution in [0, 0.1) is 0 Å². The first-order valence-electron chi connectivity index (χ1n) is 21.8. The lowest BCUT2D eigenvalue weighted by Crippen LogP contribution is -1.95. The fourth-order valence-corrected chi connectivity index (χ4v) is 10.1. The zero-order valence-electron chi connectivity index (χ0n) is 38.8. The van der Waals surface area contributed by atoms with Crippen molar-refractivity contribution in [3.63, 3.8) is 0 Å². The molecule has 0 N–H and O–H groups in total. The minimum Gasteiger partial charge on any atom is -0.260 e. The van der Waals surface area contributed by atoms with E-state index in [0.717, 1.165) is 27.4 Å². The Morgan fingerprint density at radius 1 is 0.367 bits per heavy atom. The zero-order chi connectivity index (χ0) is 44.0. The molecule has 9 heteroatoms. The standard InChI is InChI=1S/C14H18S.C13H17NS.2C12H16N2S/c1-9(2)11-5-6-13-12(7-11)8-14(15-13)10(3)4;1-8(2)11-5-10-6-12(9(3)4)15-13(10)7-14-11;1-7(2)10-6-13-12-9(14-10)5-11(15-12)8(3)4;1-7(2)10-5-9-11(15-10)6-13-12(14-9)8(3)4/h5-10H,1-4H3;5-9H,1-4H3;2*5-8H,1-4H3. The molecule has 0 unspecified atom stereocenters. The number of fused-ring (bicyclic) bond motifs is 4. The molecule has 0 fully saturated rings. The van der Waals surface area contributed by atoms with Crippen LogP contribution in [0.5, 0.6) is 0 Å². The highest BCUT2D eigenvalue weighted by molar-refractivity contribution is 7.20. The van der Waals surface area contributed by atoms with Gasteiger partial charge in [-0.25, -0.2) is 19.9 Å². The molecule has 0 aliphatic heterocycles. The molecule has 0 bridgehead atoms. The number of hydrogen-bond acceptors (Lipinski definition) is 9. The van der Waals surface area contributed by atoms with Crippen LogP contribution < -0.4 is 0 Å². The van der Waals surface area contributed by atoms with E-state index in [0.29, 0.717) is 47.3 Å². The number of thiophene rings is 4. The molecule has 8 aromatic rings. The Kier molecular flexibility index (Phi) is 16.6. The Balaban J connectivity index is 0.000000152. The Labute approximate surface area is 376 Å². The van der Waals surface area contributed by atoms with Gasteiger partial charge in [-0.2, -0.15) is 0 Å². The average Bonchev–Trinajstić information content (AvgIpc) is 4.01. The van der Waals surface area contributed by atoms with Crippen LogP contribution in [0.25, 0.3) is 40.7 Å². The molecule has 1 aromatic carbocycles. The van der Waals surface area contributed by atoms with Crippen LogP contribution in [-0.2, 0) is 0 Å². The molecule has 5 nitrogen and oxygen atoms in total. The zero-order valence-corrected chi connectivity index (χ0v) is 42.1. The number of rotatable bonds is 8. The van der Waals surface area contributed by atoms with Crippen LogP contribution in [0.4, 0.5) is 0 Å². The summed E-state index contributed by atoms with van der Waals surface area (Å²) < 4.78 is 3.93. The van der Waals surface area contributed by atoms with Gasteiger partial charge in [0.1, 0.15) is 16.2 Å². The highest BCUT2D eigenvalue weighted by Crippen LogP contribution is 2.34. The average molecular weight is 878 g/mol. The Morgan fingerprint density at radius 3 is 1.45 bits per heavy atom. The summed E-state index contributed by atoms with van der Waals surface area (Å²) in [6.07, 6.45) is 5.86. The summed E-state index contributed by atoms with van der Waals surface area (Å²) in [4.78, 5) is 29.3. The Morgan fingerprint density at radius 2 is 0.883 bits per heavy atom. The molecule has 0 aliphatic carbocycles. The first-order valence-corrected chi connectivity index (χ1v) is 25.0. The van der Waals surface area contributed by atoms with Crippen molar-refractivity contribution >= 4 is 86.1 Å². The van der Waals surface area contributed by atoms with Crippen LogP contribution in [0.15, 0.2) is 67.1 Å². The van der Waals surface area contributed by atoms with E-state index in [2.05, 4.69) is 184 Å². The van der Waals surface area contributed by atoms with E-state index >= 15 is 0 Å². The van der Waals surface area contributed by atoms with Gasteiger partial charge >= 0.3 is 0 Å². The normalized spacial score (nSPS) is 11.9. The van der Waals surface area contributed by atoms with Crippen molar-refractivity contribution in [2.75, 3.05) is 0 Å². The van der Waals surface area contributed by atoms with Gasteiger partial charge < -0.3 is 0 Å². The molecule has 7 heterocycles. The Hall–Kier alpha value is -3.63. The van der Waals surface area contributed by atoms with Crippen molar-refractivity contribution in [1.82, 2.24) is 24.9 Å². The minimum atomic E-state index is 0.400. The molecule has 320 valence electrons. The number of hydrogen-bond donors (Lipinski definition) is 0. The molecule has 7 aromatic heterocycles. The van der Waals surface area contributed by atoms with Crippen molar-refractivity contribution in [1.29, 1.82) is 0 Å². The molecule has 0 radical (unpaired) electrons. The third kappa shape index (κ3) is 12.3. The fourth-order valence-electron chi connectivity index (χ4n) is 6.16. The monoisotopic (exact) mass is 877 g/mol. The quantitative estimate of drug-likeness (QED) is 0.152. The van der Waals surface area contributed by atoms with Crippen molar-refractivity contribution in [2.45, 2.75) is 158 Å². The maximum Gasteiger partial charge on any atom is 0.142 e. The lowest BCUT2D eigenvalue weighted by molar-refractivity contribution is 0.783. The summed E-state index contributed by atoms with van der Waals surface area (Å²) in [5.74, 6) is 5.32. The van der Waals surface area contributed by atoms with E-state index in [1.54, 1.807) is 22.7 Å². The number of nitrogens with zero attached hydrogens (tertiary/aromatic N) is 5. The van der Waals surface area contributed by atoms with Gasteiger partial charge in [0.15, 0.2) is 0 Å². The molecular weight excluding hydrogens is 811 g/mol. The first-order chi connectivity index (χ1) is 28.3. The van der Waals surface area contributed by atoms with Crippen molar-refractivity contribution in [2.24, 2.45) is 0 Å². The van der Waals surface area contributed by atoms with Crippen molar-refractivity contribution in [3.8, 4) is 0 Å². The molecular formula is C51H67N5S4. The molecule has 0 amide bonds. The Bertz CT molecular complexity index is 2210. The molecule has 0 atom stereocenters. The maximum atomic E-state index is 4.63. The summed E-state index contributed by atoms with van der Waals surface area (Å²) in [5, 5.41) is 2.76. The lowest BCUT2D eigenvalue weighted by atomic mass is 10.0. The predicted molar refractivity (Wildman–Crippen MR) is 269 cm³/mol. The van der Waals surface area contributed by atoms with Gasteiger partial charge in [-0.3, -0.25) is 4.98 Å². The minimum absolute atomic E-state index is 0.400. The van der Waals surface area contributed by atoms with Gasteiger partial charge in [-0.15, -0.1) is 45.3 Å². The summed E-state index contributed by atoms with van der Waals surface area (Å²) in [6, 6.07) is 18.1. The van der Waals surface area contributed by atoms with E-state index in [1.165, 1.54) is 55.6 Å². The number of aromatic nitrogens is 5. The van der Waals surface area contributed by atoms with Crippen LogP contribution in [0.3, 0.4) is 0 Å². The third-order valence-corrected chi connectivity index (χ3v) is 15.7. The molecule has 0 aliphatic rings. The van der Waals surface area contributed by atoms with E-state index in [1.807, 2.05) is 41.3 Å². The number of pyridine rings is 1. The van der Waals surface area contributed by atoms with E-state index in [9.17, 15) is 0 Å². The third-order valence-electron chi connectivity index (χ3n) is 10.2. The summed E-state index contributed by atoms with van der Waals surface area (Å²) in [5.41, 5.74) is 5.86. The first kappa shape index (κ1) is 47.4. The fraction of sp³-hybridized carbons (Fsp3) is 0.471. The van der Waals surface area contributed by atoms with E-state index in [-0.39, 0.29) is 0 Å². The summed E-state index contributed by atoms with van der Waals surface area (Å²) >= 11 is 7.34. The van der Waals surface area contributed by atoms with Crippen LogP contribution >= 0.6 is 45.3 Å². The second kappa shape index (κ2) is 21.0. The van der Waals surface area contributed by atoms with Gasteiger partial charge in [0.05, 0.1) is 26.8 Å². The van der Waals surface area contributed by atoms with Gasteiger partial charge in [0.2, 0.25) is 0 Å². The lowest BCUT2D eigenvalue weighted by Gasteiger charge is -2.03. The predicted octanol–water partition coefficient (Wildman–Crippen LogP) is 17.6. The van der Waals surface area contributed by atoms with Gasteiger partial charge in [-0.05, 0) is 94.2 Å². The highest BCUT2D eigenvalue weighted by Gasteiger charge is 2.12. The smallest absolute Gasteiger partial charge is 0.142 e. The van der Waals surface area contributed by atoms with Crippen molar-refractivity contribution < 1.29 is 0 Å². The summed E-state index contributed by atoms with van der Waals surface area (Å²) in [7, 11) is 0. The number of benzene rings is 1. The SMILES string of the molecule is CC(C)c1cc2cc(C(C)C)sc2cn1.CC(C)c1ccc2sc(C(C)C)cc2c1.CC(C)c1cnc2sc(C(C)C)cc2n1.CC(C)c1ncc2sc(C(C)C)cc2n1. The summed E-state index contributed by atoms with van der Waals surface area (Å²) in [6.45, 7) is 35.2. The molecule has 60 heavy (non-hydrogen) atoms. The second-order valence-corrected chi connectivity index (χ2v) is 22.6. The van der Waals surface area contributed by atoms with Gasteiger partial charge in [0, 0.05) is 48.2 Å². The molecule has 0 saturated heterocycles. The van der Waals surface area contributed by atoms with E-state index < -0.39 is 0 Å². The molecule has 0 spiro atoms. The van der Waals surface area contributed by atoms with Crippen molar-refractivity contribution in [3.05, 3.63) is 109 Å². The van der Waals surface area contributed by atoms with Crippen LogP contribution in [0.1, 0.15) is 200 Å². The van der Waals surface area contributed by atoms with E-state index in [4.69, 9.17) is 0 Å². The molecule has 8 rings (SSSR count).